The Balaban J connectivity index is 1.50. The van der Waals surface area contributed by atoms with Crippen molar-refractivity contribution in [2.45, 2.75) is 33.6 Å². The Morgan fingerprint density at radius 2 is 1.84 bits per heavy atom. The Kier molecular flexibility index (Phi) is 8.03. The van der Waals surface area contributed by atoms with Crippen LogP contribution in [0.2, 0.25) is 0 Å². The summed E-state index contributed by atoms with van der Waals surface area (Å²) in [5.74, 6) is 1.88. The van der Waals surface area contributed by atoms with E-state index in [4.69, 9.17) is 4.74 Å². The average molecular weight is 505 g/mol. The SMILES string of the molecule is CCN(CC)CC(=O)Nc1cc(Oc2ccc3c(c2)nc(Nc2cc(C(C)C)ccc2F)n3C)ccn1. The normalized spacial score (nSPS) is 11.4. The molecule has 4 aromatic rings. The van der Waals surface area contributed by atoms with Gasteiger partial charge in [-0.1, -0.05) is 33.8 Å². The number of likely N-dealkylation sites (N-methyl/N-ethyl adjacent to an activating group) is 1. The molecule has 37 heavy (non-hydrogen) atoms. The lowest BCUT2D eigenvalue weighted by Gasteiger charge is -2.17. The second-order valence-corrected chi connectivity index (χ2v) is 9.15. The van der Waals surface area contributed by atoms with Crippen LogP contribution in [0.3, 0.4) is 0 Å². The molecule has 2 aromatic heterocycles. The first kappa shape index (κ1) is 26.1. The summed E-state index contributed by atoms with van der Waals surface area (Å²) in [4.78, 5) is 23.2. The fraction of sp³-hybridized carbons (Fsp3) is 0.321. The molecule has 0 aliphatic carbocycles. The topological polar surface area (TPSA) is 84.3 Å². The minimum Gasteiger partial charge on any atom is -0.457 e. The van der Waals surface area contributed by atoms with Gasteiger partial charge in [0.2, 0.25) is 11.9 Å². The van der Waals surface area contributed by atoms with Gasteiger partial charge in [-0.15, -0.1) is 0 Å². The highest BCUT2D eigenvalue weighted by Gasteiger charge is 2.13. The van der Waals surface area contributed by atoms with Crippen molar-refractivity contribution in [1.82, 2.24) is 19.4 Å². The van der Waals surface area contributed by atoms with Crippen LogP contribution in [0.5, 0.6) is 11.5 Å². The number of carbonyl (C=O) groups excluding carboxylic acids is 1. The number of hydrogen-bond acceptors (Lipinski definition) is 6. The van der Waals surface area contributed by atoms with Crippen molar-refractivity contribution in [2.24, 2.45) is 7.05 Å². The number of pyridine rings is 1. The van der Waals surface area contributed by atoms with Crippen molar-refractivity contribution in [3.63, 3.8) is 0 Å². The first-order valence-electron chi connectivity index (χ1n) is 12.5. The van der Waals surface area contributed by atoms with Gasteiger partial charge < -0.3 is 19.9 Å². The Morgan fingerprint density at radius 3 is 2.57 bits per heavy atom. The second-order valence-electron chi connectivity index (χ2n) is 9.15. The second kappa shape index (κ2) is 11.4. The van der Waals surface area contributed by atoms with Gasteiger partial charge in [0.1, 0.15) is 23.1 Å². The number of aryl methyl sites for hydroxylation is 1. The van der Waals surface area contributed by atoms with E-state index in [0.29, 0.717) is 41.0 Å². The summed E-state index contributed by atoms with van der Waals surface area (Å²) in [6, 6.07) is 14.0. The zero-order valence-corrected chi connectivity index (χ0v) is 21.9. The number of hydrogen-bond donors (Lipinski definition) is 2. The van der Waals surface area contributed by atoms with Gasteiger partial charge in [-0.25, -0.2) is 14.4 Å². The van der Waals surface area contributed by atoms with Crippen molar-refractivity contribution in [3.8, 4) is 11.5 Å². The average Bonchev–Trinajstić information content (AvgIpc) is 3.18. The first-order valence-corrected chi connectivity index (χ1v) is 12.5. The Morgan fingerprint density at radius 1 is 1.08 bits per heavy atom. The third kappa shape index (κ3) is 6.24. The number of benzene rings is 2. The van der Waals surface area contributed by atoms with Crippen LogP contribution in [0.1, 0.15) is 39.2 Å². The molecule has 1 amide bonds. The fourth-order valence-corrected chi connectivity index (χ4v) is 3.98. The number of amides is 1. The monoisotopic (exact) mass is 504 g/mol. The van der Waals surface area contributed by atoms with E-state index >= 15 is 0 Å². The number of nitrogens with one attached hydrogen (secondary N) is 2. The number of carbonyl (C=O) groups is 1. The van der Waals surface area contributed by atoms with Crippen LogP contribution < -0.4 is 15.4 Å². The molecule has 0 atom stereocenters. The number of anilines is 3. The van der Waals surface area contributed by atoms with Crippen molar-refractivity contribution in [2.75, 3.05) is 30.3 Å². The van der Waals surface area contributed by atoms with Crippen molar-refractivity contribution in [1.29, 1.82) is 0 Å². The van der Waals surface area contributed by atoms with Crippen molar-refractivity contribution < 1.29 is 13.9 Å². The highest BCUT2D eigenvalue weighted by Crippen LogP contribution is 2.30. The minimum absolute atomic E-state index is 0.126. The van der Waals surface area contributed by atoms with E-state index in [1.54, 1.807) is 24.4 Å². The fourth-order valence-electron chi connectivity index (χ4n) is 3.98. The minimum atomic E-state index is -0.335. The summed E-state index contributed by atoms with van der Waals surface area (Å²) in [5.41, 5.74) is 2.99. The molecule has 0 aliphatic rings. The van der Waals surface area contributed by atoms with Crippen LogP contribution in [0.15, 0.2) is 54.7 Å². The molecule has 0 radical (unpaired) electrons. The van der Waals surface area contributed by atoms with E-state index in [0.717, 1.165) is 24.2 Å². The molecular formula is C28H33FN6O2. The maximum atomic E-state index is 14.5. The van der Waals surface area contributed by atoms with Gasteiger partial charge in [0.05, 0.1) is 23.3 Å². The zero-order chi connectivity index (χ0) is 26.5. The molecule has 0 bridgehead atoms. The number of aromatic nitrogens is 3. The maximum absolute atomic E-state index is 14.5. The number of imidazole rings is 1. The lowest BCUT2D eigenvalue weighted by Crippen LogP contribution is -2.33. The highest BCUT2D eigenvalue weighted by atomic mass is 19.1. The van der Waals surface area contributed by atoms with Crippen LogP contribution in [0, 0.1) is 5.82 Å². The lowest BCUT2D eigenvalue weighted by atomic mass is 10.0. The van der Waals surface area contributed by atoms with Gasteiger partial charge >= 0.3 is 0 Å². The molecular weight excluding hydrogens is 471 g/mol. The smallest absolute Gasteiger partial charge is 0.239 e. The van der Waals surface area contributed by atoms with Crippen LogP contribution in [0.25, 0.3) is 11.0 Å². The summed E-state index contributed by atoms with van der Waals surface area (Å²) in [6.45, 7) is 10.1. The van der Waals surface area contributed by atoms with Gasteiger partial charge in [0.15, 0.2) is 0 Å². The Hall–Kier alpha value is -3.98. The molecule has 0 aliphatic heterocycles. The number of halogens is 1. The van der Waals surface area contributed by atoms with Gasteiger partial charge in [-0.05, 0) is 54.9 Å². The van der Waals surface area contributed by atoms with E-state index in [1.165, 1.54) is 6.07 Å². The van der Waals surface area contributed by atoms with Gasteiger partial charge in [-0.2, -0.15) is 0 Å². The summed E-state index contributed by atoms with van der Waals surface area (Å²) in [5, 5.41) is 5.95. The molecule has 0 saturated carbocycles. The van der Waals surface area contributed by atoms with Crippen LogP contribution in [-0.2, 0) is 11.8 Å². The molecule has 8 nitrogen and oxygen atoms in total. The van der Waals surface area contributed by atoms with Gasteiger partial charge in [-0.3, -0.25) is 9.69 Å². The van der Waals surface area contributed by atoms with Crippen LogP contribution in [-0.4, -0.2) is 45.0 Å². The summed E-state index contributed by atoms with van der Waals surface area (Å²) in [6.07, 6.45) is 1.59. The summed E-state index contributed by atoms with van der Waals surface area (Å²) < 4.78 is 22.4. The molecule has 2 aromatic carbocycles. The number of rotatable bonds is 10. The van der Waals surface area contributed by atoms with Crippen LogP contribution in [0.4, 0.5) is 21.8 Å². The number of ether oxygens (including phenoxy) is 1. The van der Waals surface area contributed by atoms with E-state index in [2.05, 4.69) is 34.4 Å². The maximum Gasteiger partial charge on any atom is 0.239 e. The molecule has 9 heteroatoms. The van der Waals surface area contributed by atoms with Crippen molar-refractivity contribution in [3.05, 3.63) is 66.1 Å². The Labute approximate surface area is 216 Å². The predicted molar refractivity (Wildman–Crippen MR) is 145 cm³/mol. The quantitative estimate of drug-likeness (QED) is 0.274. The zero-order valence-electron chi connectivity index (χ0n) is 21.9. The molecule has 2 N–H and O–H groups in total. The Bertz CT molecular complexity index is 1400. The highest BCUT2D eigenvalue weighted by molar-refractivity contribution is 5.91. The third-order valence-corrected chi connectivity index (χ3v) is 6.25. The third-order valence-electron chi connectivity index (χ3n) is 6.25. The lowest BCUT2D eigenvalue weighted by molar-refractivity contribution is -0.117. The van der Waals surface area contributed by atoms with E-state index < -0.39 is 0 Å². The van der Waals surface area contributed by atoms with Gasteiger partial charge in [0, 0.05) is 25.4 Å². The molecule has 0 unspecified atom stereocenters. The van der Waals surface area contributed by atoms with E-state index in [1.807, 2.05) is 54.6 Å². The molecule has 4 rings (SSSR count). The van der Waals surface area contributed by atoms with Crippen LogP contribution >= 0.6 is 0 Å². The summed E-state index contributed by atoms with van der Waals surface area (Å²) in [7, 11) is 1.87. The van der Waals surface area contributed by atoms with Crippen molar-refractivity contribution >= 4 is 34.4 Å². The number of nitrogens with zero attached hydrogens (tertiary/aromatic N) is 4. The molecule has 0 spiro atoms. The summed E-state index contributed by atoms with van der Waals surface area (Å²) >= 11 is 0. The molecule has 2 heterocycles. The first-order chi connectivity index (χ1) is 17.8. The largest absolute Gasteiger partial charge is 0.457 e. The predicted octanol–water partition coefficient (Wildman–Crippen LogP) is 6.05. The molecule has 0 saturated heterocycles. The van der Waals surface area contributed by atoms with Gasteiger partial charge in [0.25, 0.3) is 0 Å². The van der Waals surface area contributed by atoms with E-state index in [9.17, 15) is 9.18 Å². The number of fused-ring (bicyclic) bond motifs is 1. The molecule has 0 fully saturated rings. The molecule has 194 valence electrons. The van der Waals surface area contributed by atoms with E-state index in [-0.39, 0.29) is 17.6 Å². The standard InChI is InChI=1S/C28H33FN6O2/c1-6-35(7-2)17-27(36)33-26-16-21(12-13-30-26)37-20-9-11-25-24(15-20)32-28(34(25)5)31-23-14-19(18(3)4)8-10-22(23)29/h8-16,18H,6-7,17H2,1-5H3,(H,31,32)(H,30,33,36).